The average molecular weight is 384 g/mol. The lowest BCUT2D eigenvalue weighted by Gasteiger charge is -2.31. The number of hydrogen-bond donors (Lipinski definition) is 1. The minimum absolute atomic E-state index is 0. The largest absolute Gasteiger partial charge is 0.383 e. The van der Waals surface area contributed by atoms with Crippen molar-refractivity contribution in [2.24, 2.45) is 16.6 Å². The first kappa shape index (κ1) is 18.9. The molecule has 0 unspecified atom stereocenters. The topological polar surface area (TPSA) is 54.1 Å². The number of ether oxygens (including phenoxy) is 1. The number of halogens is 1. The van der Waals surface area contributed by atoms with E-state index in [1.807, 2.05) is 0 Å². The smallest absolute Gasteiger partial charge is 0.191 e. The molecular weight excluding hydrogens is 355 g/mol. The van der Waals surface area contributed by atoms with Gasteiger partial charge in [0.15, 0.2) is 5.96 Å². The van der Waals surface area contributed by atoms with Crippen LogP contribution in [0.4, 0.5) is 0 Å². The Hall–Kier alpha value is -0.0800. The van der Waals surface area contributed by atoms with Gasteiger partial charge >= 0.3 is 0 Å². The van der Waals surface area contributed by atoms with Gasteiger partial charge in [0, 0.05) is 33.3 Å². The summed E-state index contributed by atoms with van der Waals surface area (Å²) in [7, 11) is 3.80. The minimum atomic E-state index is 0. The number of nitrogens with zero attached hydrogens (tertiary/aromatic N) is 3. The fourth-order valence-corrected chi connectivity index (χ4v) is 2.03. The van der Waals surface area contributed by atoms with Gasteiger partial charge in [0.25, 0.3) is 0 Å². The molecule has 1 aliphatic heterocycles. The van der Waals surface area contributed by atoms with Crippen LogP contribution in [-0.2, 0) is 4.74 Å². The molecule has 1 heterocycles. The third-order valence-electron chi connectivity index (χ3n) is 3.54. The Morgan fingerprint density at radius 2 is 2.00 bits per heavy atom. The number of nitrogens with two attached hydrogens (primary N) is 1. The number of methoxy groups -OCH3 is 1. The molecule has 1 fully saturated rings. The highest BCUT2D eigenvalue weighted by atomic mass is 127. The van der Waals surface area contributed by atoms with Crippen molar-refractivity contribution in [2.75, 3.05) is 53.5 Å². The molecule has 1 aliphatic rings. The Balaban J connectivity index is 0.00000324. The van der Waals surface area contributed by atoms with E-state index in [1.165, 1.54) is 12.8 Å². The van der Waals surface area contributed by atoms with Crippen LogP contribution in [0.1, 0.15) is 19.8 Å². The fourth-order valence-electron chi connectivity index (χ4n) is 2.03. The fraction of sp³-hybridized carbons (Fsp3) is 0.923. The van der Waals surface area contributed by atoms with Crippen molar-refractivity contribution >= 4 is 29.9 Å². The first-order chi connectivity index (χ1) is 8.63. The van der Waals surface area contributed by atoms with E-state index in [0.29, 0.717) is 5.96 Å². The van der Waals surface area contributed by atoms with E-state index in [4.69, 9.17) is 10.5 Å². The summed E-state index contributed by atoms with van der Waals surface area (Å²) >= 11 is 0. The molecule has 114 valence electrons. The van der Waals surface area contributed by atoms with Crippen LogP contribution in [0.2, 0.25) is 0 Å². The maximum atomic E-state index is 6.01. The molecule has 2 N–H and O–H groups in total. The Morgan fingerprint density at radius 3 is 2.58 bits per heavy atom. The number of guanidine groups is 1. The van der Waals surface area contributed by atoms with Crippen LogP contribution in [-0.4, -0.2) is 69.2 Å². The second kappa shape index (κ2) is 10.7. The van der Waals surface area contributed by atoms with Crippen LogP contribution in [0.3, 0.4) is 0 Å². The predicted octanol–water partition coefficient (Wildman–Crippen LogP) is 1.23. The zero-order valence-corrected chi connectivity index (χ0v) is 14.8. The predicted molar refractivity (Wildman–Crippen MR) is 91.2 cm³/mol. The van der Waals surface area contributed by atoms with Gasteiger partial charge in [-0.15, -0.1) is 24.0 Å². The van der Waals surface area contributed by atoms with Gasteiger partial charge in [-0.1, -0.05) is 6.92 Å². The molecule has 0 radical (unpaired) electrons. The van der Waals surface area contributed by atoms with E-state index in [0.717, 1.165) is 45.2 Å². The molecule has 6 heteroatoms. The van der Waals surface area contributed by atoms with Gasteiger partial charge in [0.1, 0.15) is 0 Å². The number of rotatable bonds is 6. The monoisotopic (exact) mass is 384 g/mol. The number of piperidine rings is 1. The third-order valence-corrected chi connectivity index (χ3v) is 3.54. The molecule has 0 aromatic carbocycles. The zero-order valence-electron chi connectivity index (χ0n) is 12.5. The van der Waals surface area contributed by atoms with Crippen molar-refractivity contribution in [3.8, 4) is 0 Å². The van der Waals surface area contributed by atoms with Gasteiger partial charge in [-0.05, 0) is 25.8 Å². The molecule has 5 nitrogen and oxygen atoms in total. The SMILES string of the molecule is COCCN(C)CCN=C(N)N1CCC(C)CC1.I. The molecule has 1 saturated heterocycles. The van der Waals surface area contributed by atoms with E-state index < -0.39 is 0 Å². The molecule has 0 saturated carbocycles. The van der Waals surface area contributed by atoms with Gasteiger partial charge in [0.2, 0.25) is 0 Å². The second-order valence-corrected chi connectivity index (χ2v) is 5.21. The van der Waals surface area contributed by atoms with Gasteiger partial charge in [-0.3, -0.25) is 4.99 Å². The van der Waals surface area contributed by atoms with Crippen molar-refractivity contribution in [1.82, 2.24) is 9.80 Å². The lowest BCUT2D eigenvalue weighted by atomic mass is 10.00. The standard InChI is InChI=1S/C13H28N4O.HI/c1-12-4-7-17(8-5-12)13(14)15-6-9-16(2)10-11-18-3;/h12H,4-11H2,1-3H3,(H2,14,15);1H. The molecule has 1 rings (SSSR count). The lowest BCUT2D eigenvalue weighted by Crippen LogP contribution is -2.42. The van der Waals surface area contributed by atoms with Gasteiger partial charge in [-0.25, -0.2) is 0 Å². The van der Waals surface area contributed by atoms with Crippen LogP contribution in [0.25, 0.3) is 0 Å². The first-order valence-corrected chi connectivity index (χ1v) is 6.86. The van der Waals surface area contributed by atoms with Crippen molar-refractivity contribution in [2.45, 2.75) is 19.8 Å². The van der Waals surface area contributed by atoms with Crippen molar-refractivity contribution in [3.05, 3.63) is 0 Å². The van der Waals surface area contributed by atoms with E-state index in [-0.39, 0.29) is 24.0 Å². The van der Waals surface area contributed by atoms with Gasteiger partial charge in [-0.2, -0.15) is 0 Å². The summed E-state index contributed by atoms with van der Waals surface area (Å²) in [5.74, 6) is 1.54. The van der Waals surface area contributed by atoms with E-state index in [2.05, 4.69) is 28.8 Å². The highest BCUT2D eigenvalue weighted by molar-refractivity contribution is 14.0. The maximum Gasteiger partial charge on any atom is 0.191 e. The van der Waals surface area contributed by atoms with Crippen LogP contribution in [0.5, 0.6) is 0 Å². The van der Waals surface area contributed by atoms with E-state index >= 15 is 0 Å². The number of aliphatic imine (C=N–C) groups is 1. The quantitative estimate of drug-likeness (QED) is 0.425. The summed E-state index contributed by atoms with van der Waals surface area (Å²) < 4.78 is 5.03. The molecule has 0 aromatic rings. The Morgan fingerprint density at radius 1 is 1.37 bits per heavy atom. The molecule has 0 aliphatic carbocycles. The average Bonchev–Trinajstić information content (AvgIpc) is 2.37. The summed E-state index contributed by atoms with van der Waals surface area (Å²) in [6.45, 7) is 7.79. The summed E-state index contributed by atoms with van der Waals surface area (Å²) in [4.78, 5) is 8.87. The number of likely N-dealkylation sites (tertiary alicyclic amines) is 1. The molecule has 0 atom stereocenters. The van der Waals surface area contributed by atoms with Crippen molar-refractivity contribution < 1.29 is 4.74 Å². The summed E-state index contributed by atoms with van der Waals surface area (Å²) in [5.41, 5.74) is 6.01. The first-order valence-electron chi connectivity index (χ1n) is 6.86. The van der Waals surface area contributed by atoms with Crippen LogP contribution in [0, 0.1) is 5.92 Å². The zero-order chi connectivity index (χ0) is 13.4. The molecule has 0 aromatic heterocycles. The van der Waals surface area contributed by atoms with Gasteiger partial charge < -0.3 is 20.3 Å². The summed E-state index contributed by atoms with van der Waals surface area (Å²) in [6.07, 6.45) is 2.45. The Bertz CT molecular complexity index is 255. The normalized spacial score (nSPS) is 17.7. The number of likely N-dealkylation sites (N-methyl/N-ethyl adjacent to an activating group) is 1. The van der Waals surface area contributed by atoms with Gasteiger partial charge in [0.05, 0.1) is 13.2 Å². The van der Waals surface area contributed by atoms with Crippen molar-refractivity contribution in [3.63, 3.8) is 0 Å². The highest BCUT2D eigenvalue weighted by Crippen LogP contribution is 2.15. The molecule has 19 heavy (non-hydrogen) atoms. The maximum absolute atomic E-state index is 6.01. The Labute approximate surface area is 134 Å². The third kappa shape index (κ3) is 7.94. The van der Waals surface area contributed by atoms with E-state index in [9.17, 15) is 0 Å². The molecular formula is C13H29IN4O. The van der Waals surface area contributed by atoms with E-state index in [1.54, 1.807) is 7.11 Å². The van der Waals surface area contributed by atoms with Crippen LogP contribution < -0.4 is 5.73 Å². The van der Waals surface area contributed by atoms with Crippen molar-refractivity contribution in [1.29, 1.82) is 0 Å². The molecule has 0 amide bonds. The van der Waals surface area contributed by atoms with Crippen LogP contribution in [0.15, 0.2) is 4.99 Å². The highest BCUT2D eigenvalue weighted by Gasteiger charge is 2.16. The Kier molecular flexibility index (Phi) is 10.6. The summed E-state index contributed by atoms with van der Waals surface area (Å²) in [6, 6.07) is 0. The lowest BCUT2D eigenvalue weighted by molar-refractivity contribution is 0.162. The minimum Gasteiger partial charge on any atom is -0.383 e. The molecule has 0 spiro atoms. The van der Waals surface area contributed by atoms with Crippen LogP contribution >= 0.6 is 24.0 Å². The summed E-state index contributed by atoms with van der Waals surface area (Å²) in [5, 5.41) is 0. The molecule has 0 bridgehead atoms. The number of hydrogen-bond acceptors (Lipinski definition) is 3. The second-order valence-electron chi connectivity index (χ2n) is 5.21.